The summed E-state index contributed by atoms with van der Waals surface area (Å²) in [5, 5.41) is 4.87. The van der Waals surface area contributed by atoms with Crippen molar-refractivity contribution in [3.63, 3.8) is 0 Å². The zero-order valence-electron chi connectivity index (χ0n) is 14.5. The van der Waals surface area contributed by atoms with Gasteiger partial charge in [-0.3, -0.25) is 4.79 Å². The Hall–Kier alpha value is -2.59. The second kappa shape index (κ2) is 6.73. The predicted molar refractivity (Wildman–Crippen MR) is 101 cm³/mol. The number of hydrogen-bond acceptors (Lipinski definition) is 2. The van der Waals surface area contributed by atoms with Crippen LogP contribution in [-0.2, 0) is 6.54 Å². The first kappa shape index (κ1) is 15.9. The third-order valence-electron chi connectivity index (χ3n) is 5.02. The Morgan fingerprint density at radius 1 is 1.20 bits per heavy atom. The zero-order chi connectivity index (χ0) is 17.2. The minimum Gasteiger partial charge on any atom is -0.357 e. The van der Waals surface area contributed by atoms with E-state index >= 15 is 0 Å². The number of rotatable bonds is 4. The van der Waals surface area contributed by atoms with E-state index in [-0.39, 0.29) is 5.91 Å². The van der Waals surface area contributed by atoms with Crippen molar-refractivity contribution in [3.05, 3.63) is 71.4 Å². The number of amides is 1. The molecule has 4 rings (SSSR count). The van der Waals surface area contributed by atoms with Crippen LogP contribution in [0.2, 0.25) is 0 Å². The van der Waals surface area contributed by atoms with Crippen LogP contribution in [0.4, 0.5) is 0 Å². The molecule has 1 aliphatic heterocycles. The fourth-order valence-corrected chi connectivity index (χ4v) is 3.59. The summed E-state index contributed by atoms with van der Waals surface area (Å²) in [6.45, 7) is 4.52. The van der Waals surface area contributed by atoms with Crippen molar-refractivity contribution in [2.24, 2.45) is 0 Å². The van der Waals surface area contributed by atoms with Crippen LogP contribution in [0.3, 0.4) is 0 Å². The first-order valence-corrected chi connectivity index (χ1v) is 8.85. The predicted octanol–water partition coefficient (Wildman–Crippen LogP) is 3.48. The van der Waals surface area contributed by atoms with E-state index in [2.05, 4.69) is 41.5 Å². The molecule has 0 bridgehead atoms. The molecule has 1 amide bonds. The molecule has 0 spiro atoms. The number of aromatic nitrogens is 1. The van der Waals surface area contributed by atoms with E-state index < -0.39 is 0 Å². The smallest absolute Gasteiger partial charge is 0.253 e. The number of likely N-dealkylation sites (tertiary alicyclic amines) is 1. The molecule has 2 heterocycles. The van der Waals surface area contributed by atoms with Crippen LogP contribution in [0.25, 0.3) is 10.9 Å². The van der Waals surface area contributed by atoms with Gasteiger partial charge in [0.2, 0.25) is 0 Å². The number of benzene rings is 2. The highest BCUT2D eigenvalue weighted by Gasteiger charge is 2.26. The maximum atomic E-state index is 12.5. The Labute approximate surface area is 147 Å². The van der Waals surface area contributed by atoms with Crippen molar-refractivity contribution in [1.82, 2.24) is 15.2 Å². The Morgan fingerprint density at radius 2 is 2.04 bits per heavy atom. The quantitative estimate of drug-likeness (QED) is 0.768. The van der Waals surface area contributed by atoms with Gasteiger partial charge in [-0.1, -0.05) is 30.3 Å². The van der Waals surface area contributed by atoms with Crippen molar-refractivity contribution in [3.8, 4) is 0 Å². The minimum absolute atomic E-state index is 0.131. The summed E-state index contributed by atoms with van der Waals surface area (Å²) in [5.41, 5.74) is 4.44. The molecule has 1 unspecified atom stereocenters. The summed E-state index contributed by atoms with van der Waals surface area (Å²) in [6, 6.07) is 18.4. The van der Waals surface area contributed by atoms with Gasteiger partial charge in [-0.2, -0.15) is 0 Å². The summed E-state index contributed by atoms with van der Waals surface area (Å²) in [7, 11) is 0. The van der Waals surface area contributed by atoms with Crippen molar-refractivity contribution >= 4 is 16.8 Å². The van der Waals surface area contributed by atoms with Crippen molar-refractivity contribution < 1.29 is 4.79 Å². The highest BCUT2D eigenvalue weighted by Crippen LogP contribution is 2.20. The van der Waals surface area contributed by atoms with Crippen molar-refractivity contribution in [1.29, 1.82) is 0 Å². The van der Waals surface area contributed by atoms with Gasteiger partial charge in [0.05, 0.1) is 0 Å². The second-order valence-corrected chi connectivity index (χ2v) is 6.81. The molecule has 3 aromatic rings. The Bertz CT molecular complexity index is 885. The fourth-order valence-electron chi connectivity index (χ4n) is 3.59. The number of hydrogen-bond donors (Lipinski definition) is 2. The Morgan fingerprint density at radius 3 is 2.84 bits per heavy atom. The average Bonchev–Trinajstić information content (AvgIpc) is 3.27. The highest BCUT2D eigenvalue weighted by atomic mass is 16.2. The molecule has 1 atom stereocenters. The lowest BCUT2D eigenvalue weighted by Crippen LogP contribution is -2.34. The maximum Gasteiger partial charge on any atom is 0.253 e. The largest absolute Gasteiger partial charge is 0.357 e. The highest BCUT2D eigenvalue weighted by molar-refractivity contribution is 5.94. The maximum absolute atomic E-state index is 12.5. The lowest BCUT2D eigenvalue weighted by Gasteiger charge is -2.17. The van der Waals surface area contributed by atoms with Crippen LogP contribution in [0.1, 0.15) is 28.0 Å². The van der Waals surface area contributed by atoms with Crippen LogP contribution in [0, 0.1) is 6.92 Å². The monoisotopic (exact) mass is 333 g/mol. The van der Waals surface area contributed by atoms with Gasteiger partial charge < -0.3 is 15.2 Å². The van der Waals surface area contributed by atoms with Crippen LogP contribution < -0.4 is 5.32 Å². The van der Waals surface area contributed by atoms with E-state index in [1.54, 1.807) is 0 Å². The van der Waals surface area contributed by atoms with Crippen LogP contribution in [0.5, 0.6) is 0 Å². The molecule has 0 aliphatic carbocycles. The van der Waals surface area contributed by atoms with Gasteiger partial charge >= 0.3 is 0 Å². The summed E-state index contributed by atoms with van der Waals surface area (Å²) < 4.78 is 0. The van der Waals surface area contributed by atoms with Crippen molar-refractivity contribution in [2.75, 3.05) is 13.1 Å². The summed E-state index contributed by atoms with van der Waals surface area (Å²) in [5.74, 6) is 0.131. The van der Waals surface area contributed by atoms with E-state index in [0.29, 0.717) is 6.04 Å². The lowest BCUT2D eigenvalue weighted by molar-refractivity contribution is 0.0789. The second-order valence-electron chi connectivity index (χ2n) is 6.81. The Balaban J connectivity index is 1.36. The van der Waals surface area contributed by atoms with Crippen LogP contribution in [0.15, 0.2) is 54.6 Å². The molecule has 0 radical (unpaired) electrons. The SMILES string of the molecule is Cc1cccc2[nH]c(CNC3CCN(C(=O)c4ccccc4)C3)cc12. The molecule has 1 saturated heterocycles. The normalized spacial score (nSPS) is 17.3. The van der Waals surface area contributed by atoms with Crippen LogP contribution >= 0.6 is 0 Å². The van der Waals surface area contributed by atoms with Gasteiger partial charge in [0.15, 0.2) is 0 Å². The minimum atomic E-state index is 0.131. The molecule has 4 heteroatoms. The van der Waals surface area contributed by atoms with Gasteiger partial charge in [-0.25, -0.2) is 0 Å². The summed E-state index contributed by atoms with van der Waals surface area (Å²) in [6.07, 6.45) is 0.998. The van der Waals surface area contributed by atoms with E-state index in [0.717, 1.165) is 31.6 Å². The molecule has 2 N–H and O–H groups in total. The molecule has 128 valence electrons. The lowest BCUT2D eigenvalue weighted by atomic mass is 10.1. The molecule has 1 fully saturated rings. The van der Waals surface area contributed by atoms with Gasteiger partial charge in [0.1, 0.15) is 0 Å². The van der Waals surface area contributed by atoms with E-state index in [1.807, 2.05) is 35.2 Å². The van der Waals surface area contributed by atoms with E-state index in [4.69, 9.17) is 0 Å². The average molecular weight is 333 g/mol. The first-order chi connectivity index (χ1) is 12.2. The topological polar surface area (TPSA) is 48.1 Å². The number of aryl methyl sites for hydroxylation is 1. The number of carbonyl (C=O) groups is 1. The van der Waals surface area contributed by atoms with E-state index in [9.17, 15) is 4.79 Å². The molecule has 25 heavy (non-hydrogen) atoms. The number of aromatic amines is 1. The number of carbonyl (C=O) groups excluding carboxylic acids is 1. The van der Waals surface area contributed by atoms with Gasteiger partial charge in [-0.05, 0) is 43.2 Å². The molecule has 0 saturated carbocycles. The Kier molecular flexibility index (Phi) is 4.28. The standard InChI is InChI=1S/C21H23N3O/c1-15-6-5-9-20-19(15)12-18(23-20)13-22-17-10-11-24(14-17)21(25)16-7-3-2-4-8-16/h2-9,12,17,22-23H,10-11,13-14H2,1H3. The molecule has 2 aromatic carbocycles. The molecular weight excluding hydrogens is 310 g/mol. The van der Waals surface area contributed by atoms with Crippen molar-refractivity contribution in [2.45, 2.75) is 25.9 Å². The fraction of sp³-hybridized carbons (Fsp3) is 0.286. The number of nitrogens with zero attached hydrogens (tertiary/aromatic N) is 1. The number of fused-ring (bicyclic) bond motifs is 1. The summed E-state index contributed by atoms with van der Waals surface area (Å²) >= 11 is 0. The zero-order valence-corrected chi connectivity index (χ0v) is 14.5. The van der Waals surface area contributed by atoms with Crippen LogP contribution in [-0.4, -0.2) is 34.9 Å². The molecule has 4 nitrogen and oxygen atoms in total. The van der Waals surface area contributed by atoms with Gasteiger partial charge in [0, 0.05) is 47.8 Å². The molecule has 1 aromatic heterocycles. The molecular formula is C21H23N3O. The van der Waals surface area contributed by atoms with Gasteiger partial charge in [-0.15, -0.1) is 0 Å². The first-order valence-electron chi connectivity index (χ1n) is 8.85. The third-order valence-corrected chi connectivity index (χ3v) is 5.02. The third kappa shape index (κ3) is 3.30. The van der Waals surface area contributed by atoms with E-state index in [1.165, 1.54) is 22.2 Å². The van der Waals surface area contributed by atoms with Gasteiger partial charge in [0.25, 0.3) is 5.91 Å². The number of H-pyrrole nitrogens is 1. The summed E-state index contributed by atoms with van der Waals surface area (Å²) in [4.78, 5) is 17.9. The molecule has 1 aliphatic rings. The number of nitrogens with one attached hydrogen (secondary N) is 2.